The Hall–Kier alpha value is -2.43. The molecule has 0 saturated heterocycles. The molecule has 7 heteroatoms. The zero-order chi connectivity index (χ0) is 15.2. The van der Waals surface area contributed by atoms with Gasteiger partial charge in [0.2, 0.25) is 0 Å². The van der Waals surface area contributed by atoms with E-state index in [0.717, 1.165) is 20.1 Å². The van der Waals surface area contributed by atoms with Crippen molar-refractivity contribution in [2.24, 2.45) is 0 Å². The zero-order valence-electron chi connectivity index (χ0n) is 11.2. The second kappa shape index (κ2) is 7.02. The van der Waals surface area contributed by atoms with E-state index in [1.807, 2.05) is 24.3 Å². The predicted molar refractivity (Wildman–Crippen MR) is 83.5 cm³/mol. The van der Waals surface area contributed by atoms with Gasteiger partial charge in [0.25, 0.3) is 0 Å². The Morgan fingerprint density at radius 1 is 0.818 bits per heavy atom. The second-order valence-corrected chi connectivity index (χ2v) is 6.15. The van der Waals surface area contributed by atoms with Crippen LogP contribution in [0.25, 0.3) is 0 Å². The average molecular weight is 323 g/mol. The summed E-state index contributed by atoms with van der Waals surface area (Å²) in [4.78, 5) is 17.2. The van der Waals surface area contributed by atoms with Gasteiger partial charge in [0.15, 0.2) is 0 Å². The van der Waals surface area contributed by atoms with Crippen molar-refractivity contribution in [1.82, 2.24) is 19.9 Å². The second-order valence-electron chi connectivity index (χ2n) is 4.06. The van der Waals surface area contributed by atoms with E-state index in [0.29, 0.717) is 5.56 Å². The number of nitriles is 1. The van der Waals surface area contributed by atoms with Gasteiger partial charge in [-0.25, -0.2) is 15.0 Å². The van der Waals surface area contributed by atoms with Crippen LogP contribution in [0.4, 0.5) is 0 Å². The molecule has 0 atom stereocenters. The molecule has 0 aliphatic rings. The van der Waals surface area contributed by atoms with Gasteiger partial charge in [0, 0.05) is 12.4 Å². The maximum atomic E-state index is 8.77. The first-order valence-electron chi connectivity index (χ1n) is 6.28. The number of hydrogen-bond acceptors (Lipinski definition) is 7. The van der Waals surface area contributed by atoms with Crippen LogP contribution in [0.3, 0.4) is 0 Å². The van der Waals surface area contributed by atoms with Crippen molar-refractivity contribution in [2.45, 2.75) is 20.1 Å². The smallest absolute Gasteiger partial charge is 0.122 e. The maximum Gasteiger partial charge on any atom is 0.122 e. The summed E-state index contributed by atoms with van der Waals surface area (Å²) in [5.74, 6) is 0. The van der Waals surface area contributed by atoms with E-state index in [9.17, 15) is 0 Å². The highest BCUT2D eigenvalue weighted by Crippen LogP contribution is 2.28. The molecule has 0 fully saturated rings. The third-order valence-electron chi connectivity index (χ3n) is 2.51. The number of nitrogens with zero attached hydrogens (tertiary/aromatic N) is 5. The van der Waals surface area contributed by atoms with Crippen LogP contribution in [0.15, 0.2) is 75.2 Å². The Morgan fingerprint density at radius 2 is 1.59 bits per heavy atom. The van der Waals surface area contributed by atoms with Gasteiger partial charge in [-0.2, -0.15) is 5.26 Å². The summed E-state index contributed by atoms with van der Waals surface area (Å²) in [7, 11) is 0. The molecule has 3 aromatic heterocycles. The molecule has 0 aliphatic carbocycles. The van der Waals surface area contributed by atoms with Crippen LogP contribution in [0.5, 0.6) is 0 Å². The fraction of sp³-hybridized carbons (Fsp3) is 0. The molecular formula is C15H9N5S2. The summed E-state index contributed by atoms with van der Waals surface area (Å²) in [6.45, 7) is 0. The molecule has 0 bridgehead atoms. The van der Waals surface area contributed by atoms with E-state index in [2.05, 4.69) is 19.9 Å². The lowest BCUT2D eigenvalue weighted by molar-refractivity contribution is 0.938. The van der Waals surface area contributed by atoms with Crippen LogP contribution in [0, 0.1) is 11.3 Å². The molecule has 0 N–H and O–H groups in total. The van der Waals surface area contributed by atoms with E-state index in [1.54, 1.807) is 36.9 Å². The molecular weight excluding hydrogens is 314 g/mol. The summed E-state index contributed by atoms with van der Waals surface area (Å²) in [6, 6.07) is 11.3. The van der Waals surface area contributed by atoms with Gasteiger partial charge in [-0.1, -0.05) is 6.07 Å². The van der Waals surface area contributed by atoms with Crippen molar-refractivity contribution in [3.8, 4) is 6.07 Å². The molecule has 3 rings (SSSR count). The van der Waals surface area contributed by atoms with Crippen LogP contribution in [0.1, 0.15) is 5.56 Å². The lowest BCUT2D eigenvalue weighted by Gasteiger charge is -2.03. The van der Waals surface area contributed by atoms with Crippen molar-refractivity contribution in [2.75, 3.05) is 0 Å². The molecule has 5 nitrogen and oxygen atoms in total. The van der Waals surface area contributed by atoms with Crippen molar-refractivity contribution < 1.29 is 0 Å². The predicted octanol–water partition coefficient (Wildman–Crippen LogP) is 3.44. The van der Waals surface area contributed by atoms with Gasteiger partial charge < -0.3 is 0 Å². The highest BCUT2D eigenvalue weighted by atomic mass is 32.2. The number of hydrogen-bond donors (Lipinski definition) is 0. The fourth-order valence-corrected chi connectivity index (χ4v) is 3.06. The number of pyridine rings is 2. The monoisotopic (exact) mass is 323 g/mol. The van der Waals surface area contributed by atoms with Gasteiger partial charge in [-0.05, 0) is 47.8 Å². The SMILES string of the molecule is N#Cc1ccc(Sc2cncc(Sc3ccccn3)n2)nc1. The Labute approximate surface area is 135 Å². The Morgan fingerprint density at radius 3 is 2.18 bits per heavy atom. The highest BCUT2D eigenvalue weighted by molar-refractivity contribution is 7.99. The van der Waals surface area contributed by atoms with E-state index < -0.39 is 0 Å². The van der Waals surface area contributed by atoms with E-state index in [-0.39, 0.29) is 0 Å². The largest absolute Gasteiger partial charge is 0.259 e. The van der Waals surface area contributed by atoms with Crippen LogP contribution in [-0.4, -0.2) is 19.9 Å². The van der Waals surface area contributed by atoms with Crippen LogP contribution >= 0.6 is 23.5 Å². The molecule has 0 unspecified atom stereocenters. The topological polar surface area (TPSA) is 75.3 Å². The molecule has 106 valence electrons. The molecule has 3 aromatic rings. The van der Waals surface area contributed by atoms with Gasteiger partial charge in [-0.3, -0.25) is 4.98 Å². The van der Waals surface area contributed by atoms with Crippen LogP contribution in [0.2, 0.25) is 0 Å². The number of aromatic nitrogens is 4. The number of rotatable bonds is 4. The Kier molecular flexibility index (Phi) is 4.63. The molecule has 0 radical (unpaired) electrons. The van der Waals surface area contributed by atoms with Crippen molar-refractivity contribution >= 4 is 23.5 Å². The first-order chi connectivity index (χ1) is 10.8. The molecule has 0 amide bonds. The van der Waals surface area contributed by atoms with E-state index in [1.165, 1.54) is 23.5 Å². The van der Waals surface area contributed by atoms with E-state index >= 15 is 0 Å². The summed E-state index contributed by atoms with van der Waals surface area (Å²) >= 11 is 2.86. The maximum absolute atomic E-state index is 8.77. The van der Waals surface area contributed by atoms with Gasteiger partial charge >= 0.3 is 0 Å². The third kappa shape index (κ3) is 3.81. The lowest BCUT2D eigenvalue weighted by atomic mass is 10.3. The normalized spacial score (nSPS) is 10.1. The zero-order valence-corrected chi connectivity index (χ0v) is 12.9. The van der Waals surface area contributed by atoms with Gasteiger partial charge in [0.1, 0.15) is 26.2 Å². The molecule has 22 heavy (non-hydrogen) atoms. The summed E-state index contributed by atoms with van der Waals surface area (Å²) in [5, 5.41) is 11.9. The Bertz CT molecular complexity index is 800. The van der Waals surface area contributed by atoms with Crippen molar-refractivity contribution in [3.63, 3.8) is 0 Å². The molecule has 0 aromatic carbocycles. The molecule has 0 aliphatic heterocycles. The quantitative estimate of drug-likeness (QED) is 0.728. The average Bonchev–Trinajstić information content (AvgIpc) is 2.57. The summed E-state index contributed by atoms with van der Waals surface area (Å²) < 4.78 is 0. The first-order valence-corrected chi connectivity index (χ1v) is 7.92. The van der Waals surface area contributed by atoms with E-state index in [4.69, 9.17) is 5.26 Å². The minimum Gasteiger partial charge on any atom is -0.259 e. The standard InChI is InChI=1S/C15H9N5S2/c16-7-11-4-5-13(19-8-11)22-15-10-17-9-14(20-15)21-12-3-1-2-6-18-12/h1-6,8-10H. The molecule has 0 saturated carbocycles. The van der Waals surface area contributed by atoms with Crippen molar-refractivity contribution in [3.05, 3.63) is 60.7 Å². The molecule has 0 spiro atoms. The third-order valence-corrected chi connectivity index (χ3v) is 4.22. The first kappa shape index (κ1) is 14.5. The minimum absolute atomic E-state index is 0.537. The fourth-order valence-electron chi connectivity index (χ4n) is 1.56. The summed E-state index contributed by atoms with van der Waals surface area (Å²) in [6.07, 6.45) is 6.68. The molecule has 3 heterocycles. The Balaban J connectivity index is 1.74. The van der Waals surface area contributed by atoms with Gasteiger partial charge in [0.05, 0.1) is 18.0 Å². The van der Waals surface area contributed by atoms with Crippen molar-refractivity contribution in [1.29, 1.82) is 5.26 Å². The lowest BCUT2D eigenvalue weighted by Crippen LogP contribution is -1.88. The van der Waals surface area contributed by atoms with Gasteiger partial charge in [-0.15, -0.1) is 0 Å². The summed E-state index contributed by atoms with van der Waals surface area (Å²) in [5.41, 5.74) is 0.537. The van der Waals surface area contributed by atoms with Crippen LogP contribution < -0.4 is 0 Å². The highest BCUT2D eigenvalue weighted by Gasteiger charge is 2.05. The van der Waals surface area contributed by atoms with Crippen LogP contribution in [-0.2, 0) is 0 Å². The minimum atomic E-state index is 0.537.